The van der Waals surface area contributed by atoms with Crippen LogP contribution in [0.25, 0.3) is 0 Å². The van der Waals surface area contributed by atoms with Crippen LogP contribution < -0.4 is 9.47 Å². The molecular weight excluding hydrogens is 250 g/mol. The third kappa shape index (κ3) is 1.68. The van der Waals surface area contributed by atoms with Gasteiger partial charge in [0.15, 0.2) is 11.5 Å². The number of rotatable bonds is 1. The average Bonchev–Trinajstić information content (AvgIpc) is 2.18. The summed E-state index contributed by atoms with van der Waals surface area (Å²) < 4.78 is 11.7. The van der Waals surface area contributed by atoms with E-state index in [9.17, 15) is 0 Å². The maximum Gasteiger partial charge on any atom is 0.170 e. The van der Waals surface area contributed by atoms with E-state index >= 15 is 0 Å². The van der Waals surface area contributed by atoms with Gasteiger partial charge >= 0.3 is 0 Å². The fourth-order valence-electron chi connectivity index (χ4n) is 1.30. The molecule has 1 aromatic carbocycles. The fourth-order valence-corrected chi connectivity index (χ4v) is 1.76. The van der Waals surface area contributed by atoms with Crippen LogP contribution in [0, 0.1) is 0 Å². The molecule has 0 aliphatic carbocycles. The van der Waals surface area contributed by atoms with Crippen molar-refractivity contribution in [2.75, 3.05) is 13.2 Å². The summed E-state index contributed by atoms with van der Waals surface area (Å²) in [5, 5.41) is 11.4. The van der Waals surface area contributed by atoms with E-state index in [0.717, 1.165) is 4.47 Å². The van der Waals surface area contributed by atoms with Gasteiger partial charge < -0.3 is 14.7 Å². The third-order valence-corrected chi connectivity index (χ3v) is 2.29. The van der Waals surface area contributed by atoms with Crippen molar-refractivity contribution < 1.29 is 14.7 Å². The van der Waals surface area contributed by atoms with Gasteiger partial charge in [0.2, 0.25) is 0 Å². The molecule has 0 atom stereocenters. The third-order valence-electron chi connectivity index (χ3n) is 1.83. The number of ether oxygens (including phenoxy) is 2. The molecule has 0 bridgehead atoms. The second-order valence-corrected chi connectivity index (χ2v) is 3.68. The molecule has 74 valence electrons. The minimum Gasteiger partial charge on any atom is -0.486 e. The summed E-state index contributed by atoms with van der Waals surface area (Å²) in [6.45, 7) is 1.06. The molecule has 0 fully saturated rings. The zero-order valence-electron chi connectivity index (χ0n) is 7.24. The Kier molecular flexibility index (Phi) is 2.58. The molecule has 0 spiro atoms. The topological polar surface area (TPSA) is 51.1 Å². The van der Waals surface area contributed by atoms with Crippen molar-refractivity contribution in [3.05, 3.63) is 22.2 Å². The maximum absolute atomic E-state index is 8.47. The molecule has 0 unspecified atom stereocenters. The summed E-state index contributed by atoms with van der Waals surface area (Å²) in [7, 11) is 0. The first-order valence-electron chi connectivity index (χ1n) is 4.08. The molecule has 4 nitrogen and oxygen atoms in total. The Morgan fingerprint density at radius 2 is 2.14 bits per heavy atom. The Morgan fingerprint density at radius 3 is 2.93 bits per heavy atom. The van der Waals surface area contributed by atoms with Gasteiger partial charge in [-0.3, -0.25) is 0 Å². The van der Waals surface area contributed by atoms with Gasteiger partial charge in [-0.15, -0.1) is 0 Å². The zero-order valence-corrected chi connectivity index (χ0v) is 8.82. The van der Waals surface area contributed by atoms with Crippen LogP contribution in [-0.2, 0) is 0 Å². The first-order chi connectivity index (χ1) is 6.81. The minimum atomic E-state index is 0.515. The number of hydrogen-bond acceptors (Lipinski definition) is 4. The molecule has 1 aliphatic heterocycles. The van der Waals surface area contributed by atoms with Crippen molar-refractivity contribution in [1.29, 1.82) is 0 Å². The molecule has 1 N–H and O–H groups in total. The van der Waals surface area contributed by atoms with Crippen molar-refractivity contribution in [2.45, 2.75) is 0 Å². The van der Waals surface area contributed by atoms with Gasteiger partial charge in [0.25, 0.3) is 0 Å². The molecule has 1 aliphatic rings. The molecule has 0 radical (unpaired) electrons. The van der Waals surface area contributed by atoms with Gasteiger partial charge in [0.1, 0.15) is 13.2 Å². The van der Waals surface area contributed by atoms with Gasteiger partial charge in [-0.05, 0) is 12.1 Å². The number of fused-ring (bicyclic) bond motifs is 1. The fraction of sp³-hybridized carbons (Fsp3) is 0.222. The quantitative estimate of drug-likeness (QED) is 0.476. The molecule has 0 amide bonds. The van der Waals surface area contributed by atoms with E-state index in [1.165, 1.54) is 6.21 Å². The van der Waals surface area contributed by atoms with E-state index in [4.69, 9.17) is 14.7 Å². The smallest absolute Gasteiger partial charge is 0.170 e. The predicted octanol–water partition coefficient (Wildman–Crippen LogP) is 2.03. The molecule has 1 aromatic rings. The summed E-state index contributed by atoms with van der Waals surface area (Å²) in [5.74, 6) is 1.29. The van der Waals surface area contributed by atoms with Crippen molar-refractivity contribution in [2.24, 2.45) is 5.16 Å². The lowest BCUT2D eigenvalue weighted by molar-refractivity contribution is 0.171. The Morgan fingerprint density at radius 1 is 1.36 bits per heavy atom. The van der Waals surface area contributed by atoms with Crippen LogP contribution in [0.5, 0.6) is 11.5 Å². The first kappa shape index (κ1) is 9.33. The first-order valence-corrected chi connectivity index (χ1v) is 4.87. The largest absolute Gasteiger partial charge is 0.486 e. The molecule has 0 saturated carbocycles. The van der Waals surface area contributed by atoms with E-state index < -0.39 is 0 Å². The van der Waals surface area contributed by atoms with E-state index in [0.29, 0.717) is 30.3 Å². The lowest BCUT2D eigenvalue weighted by Crippen LogP contribution is -2.16. The van der Waals surface area contributed by atoms with Crippen LogP contribution in [0.4, 0.5) is 0 Å². The van der Waals surface area contributed by atoms with Crippen LogP contribution in [0.2, 0.25) is 0 Å². The maximum atomic E-state index is 8.47. The molecule has 1 heterocycles. The van der Waals surface area contributed by atoms with Crippen LogP contribution in [0.15, 0.2) is 21.8 Å². The lowest BCUT2D eigenvalue weighted by Gasteiger charge is -2.20. The number of nitrogens with zero attached hydrogens (tertiary/aromatic N) is 1. The predicted molar refractivity (Wildman–Crippen MR) is 54.5 cm³/mol. The number of oxime groups is 1. The minimum absolute atomic E-state index is 0.515. The summed E-state index contributed by atoms with van der Waals surface area (Å²) in [6, 6.07) is 3.62. The van der Waals surface area contributed by atoms with E-state index in [-0.39, 0.29) is 0 Å². The lowest BCUT2D eigenvalue weighted by atomic mass is 10.2. The monoisotopic (exact) mass is 257 g/mol. The van der Waals surface area contributed by atoms with Gasteiger partial charge in [-0.2, -0.15) is 0 Å². The molecule has 0 saturated heterocycles. The van der Waals surface area contributed by atoms with Crippen LogP contribution in [-0.4, -0.2) is 24.6 Å². The van der Waals surface area contributed by atoms with Crippen LogP contribution in [0.1, 0.15) is 5.56 Å². The van der Waals surface area contributed by atoms with Crippen molar-refractivity contribution >= 4 is 22.1 Å². The van der Waals surface area contributed by atoms with E-state index in [1.807, 2.05) is 6.07 Å². The SMILES string of the molecule is ON=Cc1cc(Br)cc2c1OCCO2. The van der Waals surface area contributed by atoms with Crippen LogP contribution >= 0.6 is 15.9 Å². The Balaban J connectivity index is 2.52. The highest BCUT2D eigenvalue weighted by molar-refractivity contribution is 9.10. The Bertz CT molecular complexity index is 379. The molecular formula is C9H8BrNO3. The molecule has 2 rings (SSSR count). The average molecular weight is 258 g/mol. The summed E-state index contributed by atoms with van der Waals surface area (Å²) in [6.07, 6.45) is 1.32. The van der Waals surface area contributed by atoms with Crippen LogP contribution in [0.3, 0.4) is 0 Å². The molecule has 14 heavy (non-hydrogen) atoms. The highest BCUT2D eigenvalue weighted by Gasteiger charge is 2.16. The summed E-state index contributed by atoms with van der Waals surface area (Å²) in [5.41, 5.74) is 0.691. The summed E-state index contributed by atoms with van der Waals surface area (Å²) >= 11 is 3.33. The van der Waals surface area contributed by atoms with Gasteiger partial charge in [0, 0.05) is 10.0 Å². The number of halogens is 1. The molecule has 0 aromatic heterocycles. The normalized spacial score (nSPS) is 14.6. The molecule has 5 heteroatoms. The van der Waals surface area contributed by atoms with Gasteiger partial charge in [0.05, 0.1) is 6.21 Å². The number of benzene rings is 1. The Hall–Kier alpha value is -1.23. The van der Waals surface area contributed by atoms with Crippen molar-refractivity contribution in [3.8, 4) is 11.5 Å². The highest BCUT2D eigenvalue weighted by atomic mass is 79.9. The summed E-state index contributed by atoms with van der Waals surface area (Å²) in [4.78, 5) is 0. The van der Waals surface area contributed by atoms with Gasteiger partial charge in [-0.25, -0.2) is 0 Å². The van der Waals surface area contributed by atoms with E-state index in [1.54, 1.807) is 6.07 Å². The zero-order chi connectivity index (χ0) is 9.97. The van der Waals surface area contributed by atoms with E-state index in [2.05, 4.69) is 21.1 Å². The highest BCUT2D eigenvalue weighted by Crippen LogP contribution is 2.35. The van der Waals surface area contributed by atoms with Crippen molar-refractivity contribution in [1.82, 2.24) is 0 Å². The van der Waals surface area contributed by atoms with Gasteiger partial charge in [-0.1, -0.05) is 21.1 Å². The second-order valence-electron chi connectivity index (χ2n) is 2.76. The Labute approximate surface area is 89.3 Å². The number of hydrogen-bond donors (Lipinski definition) is 1. The second kappa shape index (κ2) is 3.88. The standard InChI is InChI=1S/C9H8BrNO3/c10-7-3-6(5-11-12)9-8(4-7)13-1-2-14-9/h3-5,12H,1-2H2. The van der Waals surface area contributed by atoms with Crippen molar-refractivity contribution in [3.63, 3.8) is 0 Å².